The second kappa shape index (κ2) is 9.42. The molecule has 0 aliphatic heterocycles. The first-order valence-electron chi connectivity index (χ1n) is 7.94. The van der Waals surface area contributed by atoms with Crippen LogP contribution in [0.5, 0.6) is 23.0 Å². The lowest BCUT2D eigenvalue weighted by Gasteiger charge is -2.14. The van der Waals surface area contributed by atoms with Crippen LogP contribution in [0.4, 0.5) is 0 Å². The summed E-state index contributed by atoms with van der Waals surface area (Å²) < 4.78 is 21.6. The van der Waals surface area contributed by atoms with E-state index in [4.69, 9.17) is 18.9 Å². The van der Waals surface area contributed by atoms with Crippen LogP contribution in [0.25, 0.3) is 0 Å². The van der Waals surface area contributed by atoms with Crippen LogP contribution in [-0.4, -0.2) is 39.9 Å². The maximum Gasteiger partial charge on any atom is 0.258 e. The Morgan fingerprint density at radius 3 is 2.32 bits per heavy atom. The van der Waals surface area contributed by atoms with E-state index in [0.29, 0.717) is 30.4 Å². The van der Waals surface area contributed by atoms with E-state index in [0.717, 1.165) is 11.3 Å². The van der Waals surface area contributed by atoms with Crippen molar-refractivity contribution < 1.29 is 23.7 Å². The second-order valence-electron chi connectivity index (χ2n) is 5.30. The zero-order chi connectivity index (χ0) is 18.1. The maximum atomic E-state index is 11.9. The fraction of sp³-hybridized carbons (Fsp3) is 0.316. The molecule has 0 atom stereocenters. The minimum absolute atomic E-state index is 0.138. The quantitative estimate of drug-likeness (QED) is 0.708. The highest BCUT2D eigenvalue weighted by Gasteiger charge is 2.13. The number of nitrogens with one attached hydrogen (secondary N) is 1. The summed E-state index contributed by atoms with van der Waals surface area (Å²) in [4.78, 5) is 11.9. The number of hydrogen-bond donors (Lipinski definition) is 1. The van der Waals surface area contributed by atoms with E-state index in [1.807, 2.05) is 31.2 Å². The van der Waals surface area contributed by atoms with Gasteiger partial charge in [-0.3, -0.25) is 4.79 Å². The highest BCUT2D eigenvalue weighted by atomic mass is 16.5. The van der Waals surface area contributed by atoms with Crippen molar-refractivity contribution in [3.8, 4) is 23.0 Å². The van der Waals surface area contributed by atoms with Crippen molar-refractivity contribution in [2.45, 2.75) is 6.92 Å². The molecule has 25 heavy (non-hydrogen) atoms. The molecular weight excluding hydrogens is 322 g/mol. The second-order valence-corrected chi connectivity index (χ2v) is 5.30. The molecule has 0 radical (unpaired) electrons. The Hall–Kier alpha value is -2.89. The van der Waals surface area contributed by atoms with Gasteiger partial charge in [-0.1, -0.05) is 18.2 Å². The Kier molecular flexibility index (Phi) is 6.95. The van der Waals surface area contributed by atoms with Crippen LogP contribution in [0, 0.1) is 6.92 Å². The summed E-state index contributed by atoms with van der Waals surface area (Å²) in [6, 6.07) is 13.0. The van der Waals surface area contributed by atoms with E-state index >= 15 is 0 Å². The molecular formula is C19H23NO5. The molecule has 0 spiro atoms. The fourth-order valence-corrected chi connectivity index (χ4v) is 2.21. The van der Waals surface area contributed by atoms with Gasteiger partial charge < -0.3 is 24.3 Å². The van der Waals surface area contributed by atoms with Gasteiger partial charge in [0.05, 0.1) is 20.8 Å². The molecule has 2 aromatic carbocycles. The van der Waals surface area contributed by atoms with Gasteiger partial charge in [-0.2, -0.15) is 0 Å². The zero-order valence-corrected chi connectivity index (χ0v) is 14.7. The normalized spacial score (nSPS) is 10.0. The minimum Gasteiger partial charge on any atom is -0.493 e. The molecule has 0 aliphatic rings. The number of hydrogen-bond acceptors (Lipinski definition) is 5. The standard InChI is InChI=1S/C19H23NO5/c1-14-6-4-7-15(12-14)24-11-10-20-18(21)13-25-19-16(22-2)8-5-9-17(19)23-3/h4-9,12H,10-11,13H2,1-3H3,(H,20,21). The van der Waals surface area contributed by atoms with Gasteiger partial charge in [0, 0.05) is 0 Å². The maximum absolute atomic E-state index is 11.9. The largest absolute Gasteiger partial charge is 0.493 e. The SMILES string of the molecule is COc1cccc(OC)c1OCC(=O)NCCOc1cccc(C)c1. The van der Waals surface area contributed by atoms with E-state index in [2.05, 4.69) is 5.32 Å². The third-order valence-electron chi connectivity index (χ3n) is 3.41. The third-order valence-corrected chi connectivity index (χ3v) is 3.41. The predicted octanol–water partition coefficient (Wildman–Crippen LogP) is 2.59. The molecule has 0 saturated heterocycles. The van der Waals surface area contributed by atoms with Gasteiger partial charge in [0.1, 0.15) is 12.4 Å². The molecule has 2 rings (SSSR count). The van der Waals surface area contributed by atoms with E-state index < -0.39 is 0 Å². The summed E-state index contributed by atoms with van der Waals surface area (Å²) in [7, 11) is 3.06. The van der Waals surface area contributed by atoms with Crippen LogP contribution in [0.2, 0.25) is 0 Å². The summed E-state index contributed by atoms with van der Waals surface area (Å²) in [6.07, 6.45) is 0. The van der Waals surface area contributed by atoms with E-state index in [1.165, 1.54) is 14.2 Å². The van der Waals surface area contributed by atoms with Crippen molar-refractivity contribution in [3.63, 3.8) is 0 Å². The third kappa shape index (κ3) is 5.60. The molecule has 1 N–H and O–H groups in total. The number of carbonyl (C=O) groups is 1. The van der Waals surface area contributed by atoms with E-state index in [9.17, 15) is 4.79 Å². The Balaban J connectivity index is 1.76. The van der Waals surface area contributed by atoms with Crippen molar-refractivity contribution >= 4 is 5.91 Å². The number of ether oxygens (including phenoxy) is 4. The van der Waals surface area contributed by atoms with Crippen LogP contribution in [0.15, 0.2) is 42.5 Å². The zero-order valence-electron chi connectivity index (χ0n) is 14.7. The molecule has 2 aromatic rings. The molecule has 6 heteroatoms. The van der Waals surface area contributed by atoms with Gasteiger partial charge in [0.15, 0.2) is 18.1 Å². The van der Waals surface area contributed by atoms with Crippen LogP contribution in [0.3, 0.4) is 0 Å². The molecule has 6 nitrogen and oxygen atoms in total. The van der Waals surface area contributed by atoms with Gasteiger partial charge in [0.2, 0.25) is 5.75 Å². The lowest BCUT2D eigenvalue weighted by molar-refractivity contribution is -0.123. The number of benzene rings is 2. The number of aryl methyl sites for hydroxylation is 1. The number of amides is 1. The average molecular weight is 345 g/mol. The monoisotopic (exact) mass is 345 g/mol. The average Bonchev–Trinajstić information content (AvgIpc) is 2.63. The van der Waals surface area contributed by atoms with Crippen LogP contribution >= 0.6 is 0 Å². The highest BCUT2D eigenvalue weighted by molar-refractivity contribution is 5.77. The summed E-state index contributed by atoms with van der Waals surface area (Å²) >= 11 is 0. The highest BCUT2D eigenvalue weighted by Crippen LogP contribution is 2.36. The Labute approximate surface area is 147 Å². The molecule has 0 aliphatic carbocycles. The van der Waals surface area contributed by atoms with Crippen molar-refractivity contribution in [1.29, 1.82) is 0 Å². The molecule has 0 saturated carbocycles. The first-order chi connectivity index (χ1) is 12.1. The van der Waals surface area contributed by atoms with Crippen molar-refractivity contribution in [1.82, 2.24) is 5.32 Å². The summed E-state index contributed by atoms with van der Waals surface area (Å²) in [6.45, 7) is 2.63. The molecule has 0 aromatic heterocycles. The summed E-state index contributed by atoms with van der Waals surface area (Å²) in [5, 5.41) is 2.74. The number of methoxy groups -OCH3 is 2. The Bertz CT molecular complexity index is 680. The van der Waals surface area contributed by atoms with Crippen molar-refractivity contribution in [3.05, 3.63) is 48.0 Å². The van der Waals surface area contributed by atoms with Crippen molar-refractivity contribution in [2.75, 3.05) is 34.0 Å². The molecule has 0 unspecified atom stereocenters. The molecule has 0 fully saturated rings. The van der Waals surface area contributed by atoms with Gasteiger partial charge in [-0.05, 0) is 36.8 Å². The smallest absolute Gasteiger partial charge is 0.258 e. The molecule has 134 valence electrons. The molecule has 1 amide bonds. The van der Waals surface area contributed by atoms with Crippen molar-refractivity contribution in [2.24, 2.45) is 0 Å². The molecule has 0 heterocycles. The molecule has 0 bridgehead atoms. The lowest BCUT2D eigenvalue weighted by Crippen LogP contribution is -2.32. The first-order valence-corrected chi connectivity index (χ1v) is 7.94. The van der Waals surface area contributed by atoms with E-state index in [1.54, 1.807) is 18.2 Å². The van der Waals surface area contributed by atoms with Crippen LogP contribution in [0.1, 0.15) is 5.56 Å². The number of para-hydroxylation sites is 1. The van der Waals surface area contributed by atoms with Gasteiger partial charge in [-0.15, -0.1) is 0 Å². The Morgan fingerprint density at radius 1 is 1.00 bits per heavy atom. The fourth-order valence-electron chi connectivity index (χ4n) is 2.21. The topological polar surface area (TPSA) is 66.0 Å². The van der Waals surface area contributed by atoms with Gasteiger partial charge in [0.25, 0.3) is 5.91 Å². The van der Waals surface area contributed by atoms with Gasteiger partial charge in [-0.25, -0.2) is 0 Å². The Morgan fingerprint density at radius 2 is 1.68 bits per heavy atom. The van der Waals surface area contributed by atoms with Crippen LogP contribution in [-0.2, 0) is 4.79 Å². The number of rotatable bonds is 9. The van der Waals surface area contributed by atoms with Gasteiger partial charge >= 0.3 is 0 Å². The lowest BCUT2D eigenvalue weighted by atomic mass is 10.2. The first kappa shape index (κ1) is 18.4. The minimum atomic E-state index is -0.249. The number of carbonyl (C=O) groups excluding carboxylic acids is 1. The summed E-state index contributed by atoms with van der Waals surface area (Å²) in [5.41, 5.74) is 1.13. The van der Waals surface area contributed by atoms with Crippen LogP contribution < -0.4 is 24.3 Å². The predicted molar refractivity (Wildman–Crippen MR) is 94.7 cm³/mol. The van der Waals surface area contributed by atoms with E-state index in [-0.39, 0.29) is 12.5 Å². The summed E-state index contributed by atoms with van der Waals surface area (Å²) in [5.74, 6) is 1.95.